The second-order valence-corrected chi connectivity index (χ2v) is 6.54. The highest BCUT2D eigenvalue weighted by Gasteiger charge is 2.13. The first-order valence-corrected chi connectivity index (χ1v) is 8.21. The van der Waals surface area contributed by atoms with Crippen molar-refractivity contribution in [2.75, 3.05) is 11.9 Å². The molecule has 1 aliphatic rings. The maximum absolute atomic E-state index is 5.79. The molecule has 1 fully saturated rings. The van der Waals surface area contributed by atoms with Gasteiger partial charge in [-0.15, -0.1) is 0 Å². The van der Waals surface area contributed by atoms with E-state index in [0.717, 1.165) is 28.2 Å². The number of thiocarbonyl (C=S) groups is 1. The van der Waals surface area contributed by atoms with Crippen molar-refractivity contribution in [1.29, 1.82) is 0 Å². The predicted molar refractivity (Wildman–Crippen MR) is 89.7 cm³/mol. The van der Waals surface area contributed by atoms with Gasteiger partial charge in [0, 0.05) is 22.3 Å². The van der Waals surface area contributed by atoms with E-state index < -0.39 is 0 Å². The molecule has 2 rings (SSSR count). The summed E-state index contributed by atoms with van der Waals surface area (Å²) in [7, 11) is 0. The molecule has 0 aliphatic heterocycles. The fourth-order valence-corrected chi connectivity index (χ4v) is 3.74. The van der Waals surface area contributed by atoms with Crippen LogP contribution in [0.15, 0.2) is 22.7 Å². The molecule has 0 aromatic heterocycles. The Balaban J connectivity index is 1.92. The highest BCUT2D eigenvalue weighted by atomic mass is 79.9. The number of rotatable bonds is 5. The van der Waals surface area contributed by atoms with E-state index >= 15 is 0 Å². The molecule has 0 unspecified atom stereocenters. The molecule has 0 spiro atoms. The van der Waals surface area contributed by atoms with Gasteiger partial charge in [-0.2, -0.15) is 0 Å². The molecule has 104 valence electrons. The van der Waals surface area contributed by atoms with Crippen LogP contribution in [0.25, 0.3) is 0 Å². The summed E-state index contributed by atoms with van der Waals surface area (Å²) < 4.78 is 0.961. The number of nitrogens with one attached hydrogen (secondary N) is 1. The molecule has 1 aromatic rings. The Kier molecular flexibility index (Phi) is 5.64. The van der Waals surface area contributed by atoms with Crippen molar-refractivity contribution in [2.24, 2.45) is 11.7 Å². The molecule has 0 bridgehead atoms. The average Bonchev–Trinajstić information content (AvgIpc) is 2.39. The molecule has 3 N–H and O–H groups in total. The average molecular weight is 341 g/mol. The van der Waals surface area contributed by atoms with Gasteiger partial charge in [-0.05, 0) is 40.4 Å². The van der Waals surface area contributed by atoms with Crippen molar-refractivity contribution in [2.45, 2.75) is 38.5 Å². The topological polar surface area (TPSA) is 38.0 Å². The van der Waals surface area contributed by atoms with Gasteiger partial charge in [0.1, 0.15) is 4.99 Å². The van der Waals surface area contributed by atoms with Crippen LogP contribution in [-0.2, 0) is 0 Å². The molecule has 1 aliphatic carbocycles. The molecule has 0 radical (unpaired) electrons. The maximum Gasteiger partial charge on any atom is 0.107 e. The molecule has 2 nitrogen and oxygen atoms in total. The first-order chi connectivity index (χ1) is 9.18. The Hall–Kier alpha value is -0.610. The fraction of sp³-hybridized carbons (Fsp3) is 0.533. The minimum absolute atomic E-state index is 0.438. The number of benzene rings is 1. The van der Waals surface area contributed by atoms with E-state index in [1.807, 2.05) is 18.2 Å². The van der Waals surface area contributed by atoms with Gasteiger partial charge in [0.25, 0.3) is 0 Å². The van der Waals surface area contributed by atoms with Gasteiger partial charge in [0.05, 0.1) is 0 Å². The lowest BCUT2D eigenvalue weighted by Gasteiger charge is -2.22. The Bertz CT molecular complexity index is 442. The van der Waals surface area contributed by atoms with Gasteiger partial charge in [0.2, 0.25) is 0 Å². The Morgan fingerprint density at radius 3 is 2.74 bits per heavy atom. The van der Waals surface area contributed by atoms with Crippen LogP contribution in [-0.4, -0.2) is 11.5 Å². The number of nitrogens with two attached hydrogens (primary N) is 1. The van der Waals surface area contributed by atoms with E-state index in [2.05, 4.69) is 21.2 Å². The van der Waals surface area contributed by atoms with Gasteiger partial charge in [-0.25, -0.2) is 0 Å². The molecule has 1 aromatic carbocycles. The molecule has 19 heavy (non-hydrogen) atoms. The monoisotopic (exact) mass is 340 g/mol. The zero-order valence-corrected chi connectivity index (χ0v) is 13.5. The third kappa shape index (κ3) is 4.18. The number of hydrogen-bond donors (Lipinski definition) is 2. The van der Waals surface area contributed by atoms with Crippen molar-refractivity contribution in [3.05, 3.63) is 28.2 Å². The van der Waals surface area contributed by atoms with Gasteiger partial charge < -0.3 is 11.1 Å². The quantitative estimate of drug-likeness (QED) is 0.776. The number of halogens is 1. The van der Waals surface area contributed by atoms with Gasteiger partial charge >= 0.3 is 0 Å². The van der Waals surface area contributed by atoms with Crippen LogP contribution in [0.2, 0.25) is 0 Å². The summed E-state index contributed by atoms with van der Waals surface area (Å²) in [6.07, 6.45) is 8.24. The number of hydrogen-bond acceptors (Lipinski definition) is 2. The smallest absolute Gasteiger partial charge is 0.107 e. The fourth-order valence-electron chi connectivity index (χ4n) is 2.81. The highest BCUT2D eigenvalue weighted by molar-refractivity contribution is 9.10. The molecule has 0 atom stereocenters. The first kappa shape index (κ1) is 14.8. The standard InChI is InChI=1S/C15H21BrN2S/c16-12-7-4-8-13(14(12)15(17)19)18-10-9-11-5-2-1-3-6-11/h4,7-8,11,18H,1-3,5-6,9-10H2,(H2,17,19). The van der Waals surface area contributed by atoms with Crippen molar-refractivity contribution in [3.8, 4) is 0 Å². The Labute approximate surface area is 129 Å². The summed E-state index contributed by atoms with van der Waals surface area (Å²) in [6.45, 7) is 0.997. The van der Waals surface area contributed by atoms with Crippen LogP contribution >= 0.6 is 28.1 Å². The second kappa shape index (κ2) is 7.25. The van der Waals surface area contributed by atoms with E-state index in [4.69, 9.17) is 18.0 Å². The molecular weight excluding hydrogens is 320 g/mol. The lowest BCUT2D eigenvalue weighted by Crippen LogP contribution is -2.16. The zero-order chi connectivity index (χ0) is 13.7. The predicted octanol–water partition coefficient (Wildman–Crippen LogP) is 4.47. The molecule has 1 saturated carbocycles. The van der Waals surface area contributed by atoms with Crippen LogP contribution < -0.4 is 11.1 Å². The van der Waals surface area contributed by atoms with E-state index in [1.165, 1.54) is 38.5 Å². The lowest BCUT2D eigenvalue weighted by molar-refractivity contribution is 0.345. The summed E-state index contributed by atoms with van der Waals surface area (Å²) in [5.74, 6) is 0.890. The van der Waals surface area contributed by atoms with Crippen LogP contribution in [0.3, 0.4) is 0 Å². The Morgan fingerprint density at radius 1 is 1.32 bits per heavy atom. The summed E-state index contributed by atoms with van der Waals surface area (Å²) in [5.41, 5.74) is 7.75. The third-order valence-electron chi connectivity index (χ3n) is 3.85. The van der Waals surface area contributed by atoms with Gasteiger partial charge in [-0.1, -0.05) is 50.4 Å². The van der Waals surface area contributed by atoms with Crippen LogP contribution in [0, 0.1) is 5.92 Å². The van der Waals surface area contributed by atoms with Crippen molar-refractivity contribution in [3.63, 3.8) is 0 Å². The van der Waals surface area contributed by atoms with Crippen LogP contribution in [0.5, 0.6) is 0 Å². The summed E-state index contributed by atoms with van der Waals surface area (Å²) in [5, 5.41) is 3.49. The van der Waals surface area contributed by atoms with Gasteiger partial charge in [0.15, 0.2) is 0 Å². The highest BCUT2D eigenvalue weighted by Crippen LogP contribution is 2.28. The van der Waals surface area contributed by atoms with E-state index in [-0.39, 0.29) is 0 Å². The normalized spacial score (nSPS) is 16.3. The Morgan fingerprint density at radius 2 is 2.05 bits per heavy atom. The first-order valence-electron chi connectivity index (χ1n) is 7.00. The molecule has 4 heteroatoms. The van der Waals surface area contributed by atoms with E-state index in [0.29, 0.717) is 4.99 Å². The van der Waals surface area contributed by atoms with E-state index in [9.17, 15) is 0 Å². The van der Waals surface area contributed by atoms with Crippen molar-refractivity contribution >= 4 is 38.8 Å². The molecular formula is C15H21BrN2S. The number of anilines is 1. The zero-order valence-electron chi connectivity index (χ0n) is 11.1. The molecule has 0 saturated heterocycles. The van der Waals surface area contributed by atoms with Gasteiger partial charge in [-0.3, -0.25) is 0 Å². The SMILES string of the molecule is NC(=S)c1c(Br)cccc1NCCC1CCCCC1. The lowest BCUT2D eigenvalue weighted by atomic mass is 9.87. The minimum Gasteiger partial charge on any atom is -0.389 e. The van der Waals surface area contributed by atoms with Crippen molar-refractivity contribution in [1.82, 2.24) is 0 Å². The van der Waals surface area contributed by atoms with Crippen molar-refractivity contribution < 1.29 is 0 Å². The summed E-state index contributed by atoms with van der Waals surface area (Å²) in [6, 6.07) is 6.02. The summed E-state index contributed by atoms with van der Waals surface area (Å²) in [4.78, 5) is 0.438. The van der Waals surface area contributed by atoms with E-state index in [1.54, 1.807) is 0 Å². The largest absolute Gasteiger partial charge is 0.389 e. The third-order valence-corrected chi connectivity index (χ3v) is 4.72. The second-order valence-electron chi connectivity index (χ2n) is 5.25. The minimum atomic E-state index is 0.438. The maximum atomic E-state index is 5.79. The molecule has 0 amide bonds. The van der Waals surface area contributed by atoms with Crippen LogP contribution in [0.1, 0.15) is 44.1 Å². The summed E-state index contributed by atoms with van der Waals surface area (Å²) >= 11 is 8.63. The van der Waals surface area contributed by atoms with Crippen LogP contribution in [0.4, 0.5) is 5.69 Å². The molecule has 0 heterocycles.